The molecule has 2 saturated heterocycles. The molecule has 1 spiro atoms. The van der Waals surface area contributed by atoms with Crippen molar-refractivity contribution in [2.45, 2.75) is 18.4 Å². The van der Waals surface area contributed by atoms with Gasteiger partial charge in [0.25, 0.3) is 5.91 Å². The number of hydrogen-bond donors (Lipinski definition) is 0. The zero-order chi connectivity index (χ0) is 17.9. The lowest BCUT2D eigenvalue weighted by molar-refractivity contribution is -0.146. The van der Waals surface area contributed by atoms with Crippen molar-refractivity contribution >= 4 is 15.9 Å². The van der Waals surface area contributed by atoms with E-state index in [4.69, 9.17) is 9.47 Å². The van der Waals surface area contributed by atoms with Crippen molar-refractivity contribution in [2.24, 2.45) is 0 Å². The summed E-state index contributed by atoms with van der Waals surface area (Å²) in [7, 11) is -3.22. The second kappa shape index (κ2) is 7.31. The van der Waals surface area contributed by atoms with Gasteiger partial charge in [-0.05, 0) is 25.0 Å². The van der Waals surface area contributed by atoms with Crippen LogP contribution < -0.4 is 4.74 Å². The van der Waals surface area contributed by atoms with Crippen LogP contribution in [0.5, 0.6) is 5.75 Å². The molecule has 7 nitrogen and oxygen atoms in total. The first-order chi connectivity index (χ1) is 11.9. The highest BCUT2D eigenvalue weighted by Gasteiger charge is 2.42. The lowest BCUT2D eigenvalue weighted by atomic mass is 9.90. The van der Waals surface area contributed by atoms with Crippen molar-refractivity contribution in [2.75, 3.05) is 45.6 Å². The van der Waals surface area contributed by atoms with Crippen LogP contribution in [-0.4, -0.2) is 74.8 Å². The van der Waals surface area contributed by atoms with Gasteiger partial charge in [0, 0.05) is 26.2 Å². The quantitative estimate of drug-likeness (QED) is 0.783. The van der Waals surface area contributed by atoms with E-state index >= 15 is 0 Å². The Morgan fingerprint density at radius 1 is 1.20 bits per heavy atom. The Kier molecular flexibility index (Phi) is 5.31. The third-order valence-electron chi connectivity index (χ3n) is 4.82. The van der Waals surface area contributed by atoms with Crippen molar-refractivity contribution in [3.8, 4) is 5.75 Å². The summed E-state index contributed by atoms with van der Waals surface area (Å²) in [5.74, 6) is 0.609. The monoisotopic (exact) mass is 368 g/mol. The minimum absolute atomic E-state index is 0.00728. The SMILES string of the molecule is CS(=O)(=O)N1CCOC2(CCN(C(=O)COc3ccccc3)CC2)C1. The number of para-hydroxylation sites is 1. The van der Waals surface area contributed by atoms with Crippen molar-refractivity contribution in [3.05, 3.63) is 30.3 Å². The maximum atomic E-state index is 12.3. The molecular formula is C17H24N2O5S. The molecule has 2 aliphatic heterocycles. The number of likely N-dealkylation sites (tertiary alicyclic amines) is 1. The van der Waals surface area contributed by atoms with Crippen molar-refractivity contribution in [1.82, 2.24) is 9.21 Å². The molecule has 1 aromatic carbocycles. The number of carbonyl (C=O) groups is 1. The Bertz CT molecular complexity index is 699. The van der Waals surface area contributed by atoms with Crippen LogP contribution in [0.1, 0.15) is 12.8 Å². The number of carbonyl (C=O) groups excluding carboxylic acids is 1. The topological polar surface area (TPSA) is 76.2 Å². The summed E-state index contributed by atoms with van der Waals surface area (Å²) in [6, 6.07) is 9.24. The molecule has 0 radical (unpaired) electrons. The minimum Gasteiger partial charge on any atom is -0.484 e. The predicted octanol–water partition coefficient (Wildman–Crippen LogP) is 0.718. The number of rotatable bonds is 4. The van der Waals surface area contributed by atoms with E-state index in [0.29, 0.717) is 51.4 Å². The molecule has 0 aromatic heterocycles. The second-order valence-corrected chi connectivity index (χ2v) is 8.59. The zero-order valence-electron chi connectivity index (χ0n) is 14.4. The Labute approximate surface area is 148 Å². The number of ether oxygens (including phenoxy) is 2. The first-order valence-electron chi connectivity index (χ1n) is 8.43. The van der Waals surface area contributed by atoms with Crippen LogP contribution >= 0.6 is 0 Å². The summed E-state index contributed by atoms with van der Waals surface area (Å²) >= 11 is 0. The second-order valence-electron chi connectivity index (χ2n) is 6.61. The summed E-state index contributed by atoms with van der Waals surface area (Å²) in [4.78, 5) is 14.1. The summed E-state index contributed by atoms with van der Waals surface area (Å²) in [6.45, 7) is 2.27. The van der Waals surface area contributed by atoms with E-state index in [1.165, 1.54) is 10.6 Å². The fourth-order valence-electron chi connectivity index (χ4n) is 3.31. The minimum atomic E-state index is -3.22. The first kappa shape index (κ1) is 18.2. The van der Waals surface area contributed by atoms with Crippen LogP contribution in [0, 0.1) is 0 Å². The smallest absolute Gasteiger partial charge is 0.260 e. The number of nitrogens with zero attached hydrogens (tertiary/aromatic N) is 2. The van der Waals surface area contributed by atoms with E-state index in [-0.39, 0.29) is 12.5 Å². The van der Waals surface area contributed by atoms with Crippen LogP contribution in [0.15, 0.2) is 30.3 Å². The summed E-state index contributed by atoms with van der Waals surface area (Å²) in [5, 5.41) is 0. The fourth-order valence-corrected chi connectivity index (χ4v) is 4.19. The number of piperidine rings is 1. The Balaban J connectivity index is 1.52. The van der Waals surface area contributed by atoms with Gasteiger partial charge in [-0.2, -0.15) is 4.31 Å². The molecule has 0 aliphatic carbocycles. The van der Waals surface area contributed by atoms with Crippen molar-refractivity contribution in [3.63, 3.8) is 0 Å². The standard InChI is InChI=1S/C17H24N2O5S/c1-25(21,22)19-11-12-24-17(14-19)7-9-18(10-8-17)16(20)13-23-15-5-3-2-4-6-15/h2-6H,7-14H2,1H3. The number of morpholine rings is 1. The van der Waals surface area contributed by atoms with Gasteiger partial charge in [-0.3, -0.25) is 4.79 Å². The first-order valence-corrected chi connectivity index (χ1v) is 10.3. The van der Waals surface area contributed by atoms with Crippen molar-refractivity contribution < 1.29 is 22.7 Å². The van der Waals surface area contributed by atoms with Gasteiger partial charge in [0.1, 0.15) is 5.75 Å². The molecule has 2 fully saturated rings. The van der Waals surface area contributed by atoms with E-state index in [0.717, 1.165) is 0 Å². The molecule has 0 N–H and O–H groups in total. The highest BCUT2D eigenvalue weighted by molar-refractivity contribution is 7.88. The van der Waals surface area contributed by atoms with E-state index in [1.54, 1.807) is 4.90 Å². The Hall–Kier alpha value is -1.64. The van der Waals surface area contributed by atoms with Gasteiger partial charge in [0.05, 0.1) is 18.5 Å². The zero-order valence-corrected chi connectivity index (χ0v) is 15.2. The summed E-state index contributed by atoms with van der Waals surface area (Å²) in [5.41, 5.74) is -0.474. The molecule has 8 heteroatoms. The molecule has 2 heterocycles. The van der Waals surface area contributed by atoms with E-state index in [9.17, 15) is 13.2 Å². The predicted molar refractivity (Wildman–Crippen MR) is 92.9 cm³/mol. The van der Waals surface area contributed by atoms with Gasteiger partial charge < -0.3 is 14.4 Å². The largest absolute Gasteiger partial charge is 0.484 e. The molecule has 138 valence electrons. The molecule has 25 heavy (non-hydrogen) atoms. The van der Waals surface area contributed by atoms with Gasteiger partial charge >= 0.3 is 0 Å². The highest BCUT2D eigenvalue weighted by Crippen LogP contribution is 2.31. The molecule has 0 atom stereocenters. The molecule has 3 rings (SSSR count). The van der Waals surface area contributed by atoms with Gasteiger partial charge in [0.15, 0.2) is 6.61 Å². The molecule has 2 aliphatic rings. The van der Waals surface area contributed by atoms with Gasteiger partial charge in [-0.15, -0.1) is 0 Å². The van der Waals surface area contributed by atoms with Crippen LogP contribution in [0.2, 0.25) is 0 Å². The number of hydrogen-bond acceptors (Lipinski definition) is 5. The fraction of sp³-hybridized carbons (Fsp3) is 0.588. The maximum absolute atomic E-state index is 12.3. The van der Waals surface area contributed by atoms with Gasteiger partial charge in [-0.25, -0.2) is 8.42 Å². The van der Waals surface area contributed by atoms with E-state index < -0.39 is 15.6 Å². The van der Waals surface area contributed by atoms with Crippen LogP contribution in [0.25, 0.3) is 0 Å². The molecule has 1 aromatic rings. The molecule has 0 saturated carbocycles. The maximum Gasteiger partial charge on any atom is 0.260 e. The van der Waals surface area contributed by atoms with Crippen LogP contribution in [-0.2, 0) is 19.6 Å². The average Bonchev–Trinajstić information content (AvgIpc) is 2.61. The van der Waals surface area contributed by atoms with Crippen LogP contribution in [0.3, 0.4) is 0 Å². The third-order valence-corrected chi connectivity index (χ3v) is 6.07. The molecule has 0 unspecified atom stereocenters. The van der Waals surface area contributed by atoms with E-state index in [1.807, 2.05) is 30.3 Å². The summed E-state index contributed by atoms with van der Waals surface area (Å²) < 4.78 is 36.5. The van der Waals surface area contributed by atoms with E-state index in [2.05, 4.69) is 0 Å². The Morgan fingerprint density at radius 2 is 1.88 bits per heavy atom. The number of benzene rings is 1. The number of sulfonamides is 1. The molecular weight excluding hydrogens is 344 g/mol. The lowest BCUT2D eigenvalue weighted by Gasteiger charge is -2.46. The Morgan fingerprint density at radius 3 is 2.52 bits per heavy atom. The third kappa shape index (κ3) is 4.50. The summed E-state index contributed by atoms with van der Waals surface area (Å²) in [6.07, 6.45) is 2.50. The van der Waals surface area contributed by atoms with Gasteiger partial charge in [-0.1, -0.05) is 18.2 Å². The van der Waals surface area contributed by atoms with Crippen LogP contribution in [0.4, 0.5) is 0 Å². The van der Waals surface area contributed by atoms with Crippen molar-refractivity contribution in [1.29, 1.82) is 0 Å². The normalized spacial score (nSPS) is 21.2. The average molecular weight is 368 g/mol. The molecule has 0 bridgehead atoms. The van der Waals surface area contributed by atoms with Gasteiger partial charge in [0.2, 0.25) is 10.0 Å². The highest BCUT2D eigenvalue weighted by atomic mass is 32.2. The number of amides is 1. The molecule has 1 amide bonds. The lowest BCUT2D eigenvalue weighted by Crippen LogP contribution is -2.58.